The van der Waals surface area contributed by atoms with Crippen LogP contribution in [0.4, 0.5) is 23.3 Å². The van der Waals surface area contributed by atoms with Crippen molar-refractivity contribution in [3.8, 4) is 0 Å². The van der Waals surface area contributed by atoms with E-state index in [0.717, 1.165) is 70.4 Å². The van der Waals surface area contributed by atoms with Crippen molar-refractivity contribution in [3.05, 3.63) is 6.07 Å². The van der Waals surface area contributed by atoms with Gasteiger partial charge in [0.05, 0.1) is 5.69 Å². The average molecular weight is 504 g/mol. The number of hydrogen-bond acceptors (Lipinski definition) is 11. The zero-order chi connectivity index (χ0) is 26.0. The van der Waals surface area contributed by atoms with Crippen molar-refractivity contribution in [2.75, 3.05) is 45.8 Å². The van der Waals surface area contributed by atoms with Crippen molar-refractivity contribution >= 4 is 34.3 Å². The molecule has 0 saturated carbocycles. The molecule has 200 valence electrons. The summed E-state index contributed by atoms with van der Waals surface area (Å²) in [7, 11) is 0. The van der Waals surface area contributed by atoms with Crippen molar-refractivity contribution in [1.29, 1.82) is 0 Å². The predicted molar refractivity (Wildman–Crippen MR) is 141 cm³/mol. The lowest BCUT2D eigenvalue weighted by Gasteiger charge is -2.35. The first kappa shape index (κ1) is 26.6. The van der Waals surface area contributed by atoms with Crippen LogP contribution in [-0.4, -0.2) is 86.5 Å². The highest BCUT2D eigenvalue weighted by Crippen LogP contribution is 2.37. The van der Waals surface area contributed by atoms with Gasteiger partial charge in [0, 0.05) is 32.2 Å². The van der Waals surface area contributed by atoms with Crippen LogP contribution < -0.4 is 19.6 Å². The fourth-order valence-electron chi connectivity index (χ4n) is 5.34. The fourth-order valence-corrected chi connectivity index (χ4v) is 5.34. The number of rotatable bonds is 8. The molecule has 4 unspecified atom stereocenters. The van der Waals surface area contributed by atoms with Gasteiger partial charge in [-0.3, -0.25) is 4.90 Å². The molecule has 2 aromatic heterocycles. The normalized spacial score (nSPS) is 20.2. The van der Waals surface area contributed by atoms with Crippen molar-refractivity contribution in [2.45, 2.75) is 91.1 Å². The van der Waals surface area contributed by atoms with Crippen LogP contribution in [0.15, 0.2) is 6.07 Å². The number of pyridine rings is 1. The van der Waals surface area contributed by atoms with Crippen LogP contribution in [0.3, 0.4) is 0 Å². The van der Waals surface area contributed by atoms with Gasteiger partial charge in [-0.1, -0.05) is 0 Å². The lowest BCUT2D eigenvalue weighted by molar-refractivity contribution is 0.102. The molecule has 36 heavy (non-hydrogen) atoms. The summed E-state index contributed by atoms with van der Waals surface area (Å²) in [5.41, 5.74) is 2.06. The Hall–Kier alpha value is -2.47. The van der Waals surface area contributed by atoms with Crippen molar-refractivity contribution < 1.29 is 20.4 Å². The lowest BCUT2D eigenvalue weighted by Crippen LogP contribution is -2.42. The molecule has 2 saturated heterocycles. The van der Waals surface area contributed by atoms with Gasteiger partial charge in [-0.15, -0.1) is 0 Å². The second-order valence-corrected chi connectivity index (χ2v) is 9.98. The number of anilines is 4. The highest BCUT2D eigenvalue weighted by atomic mass is 16.3. The maximum Gasteiger partial charge on any atom is 0.232 e. The Morgan fingerprint density at radius 2 is 1.14 bits per heavy atom. The Balaban J connectivity index is 2.01. The molecule has 0 bridgehead atoms. The molecule has 4 N–H and O–H groups in total. The van der Waals surface area contributed by atoms with Crippen LogP contribution >= 0.6 is 0 Å². The average Bonchev–Trinajstić information content (AvgIpc) is 2.83. The Bertz CT molecular complexity index is 924. The Morgan fingerprint density at radius 1 is 0.639 bits per heavy atom. The van der Waals surface area contributed by atoms with Crippen LogP contribution in [0, 0.1) is 0 Å². The molecule has 11 nitrogen and oxygen atoms in total. The standard InChI is InChI=1S/C25H41N7O4/c1-16(33)31(17(2)34)21-15-20(29-11-7-5-8-12-29)22-23(26-21)24(30-13-9-6-10-14-30)28-25(27-22)32(18(3)35)19(4)36/h15-19,33-36H,5-14H2,1-4H3. The SMILES string of the molecule is CC(O)N(c1cc(N2CCCCC2)c2nc(N(C(C)O)C(C)O)nc(N3CCCCC3)c2n1)C(C)O. The molecule has 0 spiro atoms. The number of aliphatic hydroxyl groups excluding tert-OH is 4. The number of aromatic nitrogens is 3. The predicted octanol–water partition coefficient (Wildman–Crippen LogP) is 1.97. The summed E-state index contributed by atoms with van der Waals surface area (Å²) in [4.78, 5) is 21.9. The number of hydrogen-bond donors (Lipinski definition) is 4. The summed E-state index contributed by atoms with van der Waals surface area (Å²) < 4.78 is 0. The van der Waals surface area contributed by atoms with Crippen molar-refractivity contribution in [1.82, 2.24) is 15.0 Å². The molecule has 2 fully saturated rings. The van der Waals surface area contributed by atoms with Crippen LogP contribution in [0.5, 0.6) is 0 Å². The van der Waals surface area contributed by atoms with Gasteiger partial charge in [0.25, 0.3) is 0 Å². The Morgan fingerprint density at radius 3 is 1.64 bits per heavy atom. The highest BCUT2D eigenvalue weighted by molar-refractivity contribution is 5.97. The van der Waals surface area contributed by atoms with E-state index >= 15 is 0 Å². The van der Waals surface area contributed by atoms with Gasteiger partial charge >= 0.3 is 0 Å². The van der Waals surface area contributed by atoms with Gasteiger partial charge in [-0.2, -0.15) is 4.98 Å². The fraction of sp³-hybridized carbons (Fsp3) is 0.720. The molecule has 4 heterocycles. The summed E-state index contributed by atoms with van der Waals surface area (Å²) >= 11 is 0. The third-order valence-electron chi connectivity index (χ3n) is 7.05. The molecular weight excluding hydrogens is 462 g/mol. The third-order valence-corrected chi connectivity index (χ3v) is 7.05. The molecule has 11 heteroatoms. The molecule has 4 rings (SSSR count). The summed E-state index contributed by atoms with van der Waals surface area (Å²) in [5.74, 6) is 1.33. The van der Waals surface area contributed by atoms with E-state index in [4.69, 9.17) is 15.0 Å². The van der Waals surface area contributed by atoms with E-state index in [1.54, 1.807) is 27.7 Å². The van der Waals surface area contributed by atoms with Gasteiger partial charge in [-0.05, 0) is 66.2 Å². The minimum absolute atomic E-state index is 0.240. The third kappa shape index (κ3) is 5.44. The number of nitrogens with zero attached hydrogens (tertiary/aromatic N) is 7. The molecule has 2 aliphatic rings. The molecule has 0 radical (unpaired) electrons. The molecule has 2 aliphatic heterocycles. The molecule has 0 aliphatic carbocycles. The quantitative estimate of drug-likeness (QED) is 0.394. The summed E-state index contributed by atoms with van der Waals surface area (Å²) in [6, 6.07) is 1.87. The van der Waals surface area contributed by atoms with Crippen LogP contribution in [0.2, 0.25) is 0 Å². The first-order valence-corrected chi connectivity index (χ1v) is 13.2. The van der Waals surface area contributed by atoms with Gasteiger partial charge in [0.15, 0.2) is 5.82 Å². The van der Waals surface area contributed by atoms with E-state index in [1.807, 2.05) is 6.07 Å². The zero-order valence-corrected chi connectivity index (χ0v) is 21.9. The maximum absolute atomic E-state index is 10.5. The van der Waals surface area contributed by atoms with E-state index in [2.05, 4.69) is 9.80 Å². The lowest BCUT2D eigenvalue weighted by atomic mass is 10.1. The largest absolute Gasteiger partial charge is 0.374 e. The van der Waals surface area contributed by atoms with Crippen molar-refractivity contribution in [2.24, 2.45) is 0 Å². The molecule has 2 aromatic rings. The maximum atomic E-state index is 10.5. The van der Waals surface area contributed by atoms with Crippen molar-refractivity contribution in [3.63, 3.8) is 0 Å². The minimum atomic E-state index is -0.997. The van der Waals surface area contributed by atoms with E-state index in [9.17, 15) is 20.4 Å². The zero-order valence-electron chi connectivity index (χ0n) is 21.9. The number of aliphatic hydroxyl groups is 4. The number of piperidine rings is 2. The smallest absolute Gasteiger partial charge is 0.232 e. The van der Waals surface area contributed by atoms with E-state index in [-0.39, 0.29) is 5.95 Å². The second kappa shape index (κ2) is 11.3. The van der Waals surface area contributed by atoms with Crippen LogP contribution in [0.25, 0.3) is 11.0 Å². The Kier molecular flexibility index (Phi) is 8.34. The van der Waals surface area contributed by atoms with Gasteiger partial charge < -0.3 is 35.1 Å². The minimum Gasteiger partial charge on any atom is -0.374 e. The molecule has 0 amide bonds. The van der Waals surface area contributed by atoms with E-state index in [0.29, 0.717) is 22.7 Å². The highest BCUT2D eigenvalue weighted by Gasteiger charge is 2.29. The molecule has 4 atom stereocenters. The monoisotopic (exact) mass is 503 g/mol. The number of fused-ring (bicyclic) bond motifs is 1. The van der Waals surface area contributed by atoms with Gasteiger partial charge in [0.2, 0.25) is 5.95 Å². The molecular formula is C25H41N7O4. The van der Waals surface area contributed by atoms with Gasteiger partial charge in [-0.25, -0.2) is 9.97 Å². The van der Waals surface area contributed by atoms with Gasteiger partial charge in [0.1, 0.15) is 41.8 Å². The second-order valence-electron chi connectivity index (χ2n) is 9.98. The first-order valence-electron chi connectivity index (χ1n) is 13.2. The van der Waals surface area contributed by atoms with Crippen LogP contribution in [0.1, 0.15) is 66.2 Å². The summed E-state index contributed by atoms with van der Waals surface area (Å²) in [6.07, 6.45) is 2.58. The topological polar surface area (TPSA) is 133 Å². The van der Waals surface area contributed by atoms with E-state index in [1.165, 1.54) is 9.80 Å². The van der Waals surface area contributed by atoms with E-state index < -0.39 is 24.9 Å². The Labute approximate surface area is 213 Å². The van der Waals surface area contributed by atoms with Crippen LogP contribution in [-0.2, 0) is 0 Å². The summed E-state index contributed by atoms with van der Waals surface area (Å²) in [6.45, 7) is 9.72. The molecule has 0 aromatic carbocycles. The first-order chi connectivity index (χ1) is 17.2. The summed E-state index contributed by atoms with van der Waals surface area (Å²) in [5, 5.41) is 41.9.